The lowest BCUT2D eigenvalue weighted by Crippen LogP contribution is -2.34. The predicted octanol–water partition coefficient (Wildman–Crippen LogP) is 1.84. The third-order valence-corrected chi connectivity index (χ3v) is 3.93. The lowest BCUT2D eigenvalue weighted by molar-refractivity contribution is 0.203. The molecule has 1 saturated heterocycles. The largest absolute Gasteiger partial charge is 0.396 e. The molecule has 2 rings (SSSR count). The standard InChI is InChI=1S/C14H20N2OS/c1-10-8-12(2-3-13(10)14(15)18)16-6-4-11(9-17)5-7-16/h2-3,8,11,17H,4-7,9H2,1H3,(H2,15,18). The van der Waals surface area contributed by atoms with Crippen LogP contribution in [0.4, 0.5) is 5.69 Å². The van der Waals surface area contributed by atoms with Crippen LogP contribution >= 0.6 is 12.2 Å². The molecule has 1 aromatic rings. The Labute approximate surface area is 114 Å². The van der Waals surface area contributed by atoms with E-state index in [2.05, 4.69) is 17.0 Å². The Morgan fingerprint density at radius 3 is 2.61 bits per heavy atom. The van der Waals surface area contributed by atoms with E-state index in [1.54, 1.807) is 0 Å². The van der Waals surface area contributed by atoms with E-state index in [0.717, 1.165) is 37.1 Å². The van der Waals surface area contributed by atoms with Gasteiger partial charge >= 0.3 is 0 Å². The smallest absolute Gasteiger partial charge is 0.104 e. The highest BCUT2D eigenvalue weighted by molar-refractivity contribution is 7.80. The van der Waals surface area contributed by atoms with Crippen LogP contribution in [0.1, 0.15) is 24.0 Å². The summed E-state index contributed by atoms with van der Waals surface area (Å²) in [5, 5.41) is 9.14. The summed E-state index contributed by atoms with van der Waals surface area (Å²) in [5.74, 6) is 0.471. The van der Waals surface area contributed by atoms with Crippen molar-refractivity contribution in [2.75, 3.05) is 24.6 Å². The fraction of sp³-hybridized carbons (Fsp3) is 0.500. The number of aryl methyl sites for hydroxylation is 1. The summed E-state index contributed by atoms with van der Waals surface area (Å²) < 4.78 is 0. The lowest BCUT2D eigenvalue weighted by Gasteiger charge is -2.33. The fourth-order valence-corrected chi connectivity index (χ4v) is 2.72. The number of benzene rings is 1. The molecule has 0 aromatic heterocycles. The van der Waals surface area contributed by atoms with Crippen LogP contribution in [0.15, 0.2) is 18.2 Å². The molecule has 0 bridgehead atoms. The highest BCUT2D eigenvalue weighted by Gasteiger charge is 2.19. The highest BCUT2D eigenvalue weighted by Crippen LogP contribution is 2.25. The topological polar surface area (TPSA) is 49.5 Å². The number of aliphatic hydroxyl groups is 1. The van der Waals surface area contributed by atoms with Crippen molar-refractivity contribution in [2.45, 2.75) is 19.8 Å². The van der Waals surface area contributed by atoms with Gasteiger partial charge in [0.1, 0.15) is 4.99 Å². The Morgan fingerprint density at radius 1 is 1.44 bits per heavy atom. The Bertz CT molecular complexity index is 439. The number of rotatable bonds is 3. The average Bonchev–Trinajstić information content (AvgIpc) is 2.38. The number of thiocarbonyl (C=S) groups is 1. The Kier molecular flexibility index (Phi) is 4.19. The molecule has 98 valence electrons. The molecule has 1 fully saturated rings. The molecule has 1 heterocycles. The van der Waals surface area contributed by atoms with Crippen LogP contribution in [0.2, 0.25) is 0 Å². The molecule has 0 radical (unpaired) electrons. The SMILES string of the molecule is Cc1cc(N2CCC(CO)CC2)ccc1C(N)=S. The first-order chi connectivity index (χ1) is 8.61. The molecule has 0 spiro atoms. The van der Waals surface area contributed by atoms with E-state index in [1.165, 1.54) is 5.69 Å². The summed E-state index contributed by atoms with van der Waals surface area (Å²) in [4.78, 5) is 2.82. The Morgan fingerprint density at radius 2 is 2.11 bits per heavy atom. The molecular weight excluding hydrogens is 244 g/mol. The average molecular weight is 264 g/mol. The van der Waals surface area contributed by atoms with E-state index < -0.39 is 0 Å². The number of hydrogen-bond acceptors (Lipinski definition) is 3. The van der Waals surface area contributed by atoms with Gasteiger partial charge in [0.25, 0.3) is 0 Å². The maximum Gasteiger partial charge on any atom is 0.104 e. The molecule has 1 aromatic carbocycles. The fourth-order valence-electron chi connectivity index (χ4n) is 2.49. The van der Waals surface area contributed by atoms with Gasteiger partial charge in [-0.2, -0.15) is 0 Å². The van der Waals surface area contributed by atoms with Crippen LogP contribution in [0.3, 0.4) is 0 Å². The second-order valence-corrected chi connectivity index (χ2v) is 5.42. The van der Waals surface area contributed by atoms with Gasteiger partial charge in [-0.25, -0.2) is 0 Å². The summed E-state index contributed by atoms with van der Waals surface area (Å²) in [6.07, 6.45) is 2.12. The molecule has 18 heavy (non-hydrogen) atoms. The monoisotopic (exact) mass is 264 g/mol. The van der Waals surface area contributed by atoms with E-state index >= 15 is 0 Å². The van der Waals surface area contributed by atoms with E-state index in [4.69, 9.17) is 23.1 Å². The van der Waals surface area contributed by atoms with Crippen molar-refractivity contribution < 1.29 is 5.11 Å². The van der Waals surface area contributed by atoms with E-state index in [0.29, 0.717) is 17.5 Å². The third kappa shape index (κ3) is 2.82. The molecule has 0 unspecified atom stereocenters. The molecule has 3 nitrogen and oxygen atoms in total. The lowest BCUT2D eigenvalue weighted by atomic mass is 9.97. The van der Waals surface area contributed by atoms with Gasteiger partial charge in [0.05, 0.1) is 0 Å². The van der Waals surface area contributed by atoms with Gasteiger partial charge < -0.3 is 15.7 Å². The number of nitrogens with two attached hydrogens (primary N) is 1. The maximum atomic E-state index is 9.14. The van der Waals surface area contributed by atoms with Crippen molar-refractivity contribution >= 4 is 22.9 Å². The van der Waals surface area contributed by atoms with E-state index in [9.17, 15) is 0 Å². The van der Waals surface area contributed by atoms with Crippen LogP contribution in [-0.4, -0.2) is 29.8 Å². The first-order valence-corrected chi connectivity index (χ1v) is 6.79. The first kappa shape index (κ1) is 13.3. The zero-order chi connectivity index (χ0) is 13.1. The Balaban J connectivity index is 2.11. The second kappa shape index (κ2) is 5.67. The summed E-state index contributed by atoms with van der Waals surface area (Å²) >= 11 is 5.02. The molecule has 4 heteroatoms. The Hall–Kier alpha value is -1.13. The van der Waals surface area contributed by atoms with Crippen molar-refractivity contribution in [3.05, 3.63) is 29.3 Å². The number of nitrogens with zero attached hydrogens (tertiary/aromatic N) is 1. The van der Waals surface area contributed by atoms with Gasteiger partial charge in [0.15, 0.2) is 0 Å². The number of piperidine rings is 1. The van der Waals surface area contributed by atoms with Crippen LogP contribution < -0.4 is 10.6 Å². The van der Waals surface area contributed by atoms with Gasteiger partial charge in [0, 0.05) is 30.9 Å². The highest BCUT2D eigenvalue weighted by atomic mass is 32.1. The van der Waals surface area contributed by atoms with E-state index in [-0.39, 0.29) is 0 Å². The number of aliphatic hydroxyl groups excluding tert-OH is 1. The summed E-state index contributed by atoms with van der Waals surface area (Å²) in [6.45, 7) is 4.37. The van der Waals surface area contributed by atoms with E-state index in [1.807, 2.05) is 13.0 Å². The first-order valence-electron chi connectivity index (χ1n) is 6.38. The van der Waals surface area contributed by atoms with Crippen molar-refractivity contribution in [1.82, 2.24) is 0 Å². The third-order valence-electron chi connectivity index (χ3n) is 3.71. The van der Waals surface area contributed by atoms with Gasteiger partial charge in [0.2, 0.25) is 0 Å². The van der Waals surface area contributed by atoms with Crippen molar-refractivity contribution in [1.29, 1.82) is 0 Å². The van der Waals surface area contributed by atoms with Gasteiger partial charge in [-0.15, -0.1) is 0 Å². The summed E-state index contributed by atoms with van der Waals surface area (Å²) in [5.41, 5.74) is 8.98. The van der Waals surface area contributed by atoms with Crippen molar-refractivity contribution in [2.24, 2.45) is 11.7 Å². The number of anilines is 1. The van der Waals surface area contributed by atoms with Crippen LogP contribution in [0.5, 0.6) is 0 Å². The quantitative estimate of drug-likeness (QED) is 0.818. The molecular formula is C14H20N2OS. The van der Waals surface area contributed by atoms with Crippen LogP contribution in [-0.2, 0) is 0 Å². The molecule has 0 aliphatic carbocycles. The molecule has 0 amide bonds. The normalized spacial score (nSPS) is 16.9. The zero-order valence-electron chi connectivity index (χ0n) is 10.7. The van der Waals surface area contributed by atoms with Crippen LogP contribution in [0.25, 0.3) is 0 Å². The molecule has 0 atom stereocenters. The maximum absolute atomic E-state index is 9.14. The van der Waals surface area contributed by atoms with Crippen molar-refractivity contribution in [3.63, 3.8) is 0 Å². The van der Waals surface area contributed by atoms with Crippen LogP contribution in [0, 0.1) is 12.8 Å². The summed E-state index contributed by atoms with van der Waals surface area (Å²) in [7, 11) is 0. The molecule has 1 aliphatic heterocycles. The van der Waals surface area contributed by atoms with Gasteiger partial charge in [-0.3, -0.25) is 0 Å². The second-order valence-electron chi connectivity index (χ2n) is 4.98. The molecule has 3 N–H and O–H groups in total. The minimum absolute atomic E-state index is 0.313. The van der Waals surface area contributed by atoms with Gasteiger partial charge in [-0.1, -0.05) is 12.2 Å². The van der Waals surface area contributed by atoms with Crippen molar-refractivity contribution in [3.8, 4) is 0 Å². The minimum Gasteiger partial charge on any atom is -0.396 e. The molecule has 1 aliphatic rings. The predicted molar refractivity (Wildman–Crippen MR) is 79.1 cm³/mol. The minimum atomic E-state index is 0.313. The molecule has 0 saturated carbocycles. The van der Waals surface area contributed by atoms with Gasteiger partial charge in [-0.05, 0) is 49.4 Å². The summed E-state index contributed by atoms with van der Waals surface area (Å²) in [6, 6.07) is 6.24. The number of hydrogen-bond donors (Lipinski definition) is 2. The zero-order valence-corrected chi connectivity index (χ0v) is 11.5.